The summed E-state index contributed by atoms with van der Waals surface area (Å²) in [5, 5.41) is 9.97. The van der Waals surface area contributed by atoms with Gasteiger partial charge >= 0.3 is 5.97 Å². The summed E-state index contributed by atoms with van der Waals surface area (Å²) in [4.78, 5) is 24.6. The Hall–Kier alpha value is -2.72. The van der Waals surface area contributed by atoms with Gasteiger partial charge in [0.1, 0.15) is 5.78 Å². The van der Waals surface area contributed by atoms with E-state index in [9.17, 15) is 14.7 Å². The Morgan fingerprint density at radius 2 is 1.73 bits per heavy atom. The number of ketones is 1. The van der Waals surface area contributed by atoms with Crippen LogP contribution in [0, 0.1) is 0 Å². The van der Waals surface area contributed by atoms with Gasteiger partial charge in [-0.3, -0.25) is 4.79 Å². The van der Waals surface area contributed by atoms with Gasteiger partial charge in [0.2, 0.25) is 0 Å². The fraction of sp³-hybridized carbons (Fsp3) is 0.385. The fourth-order valence-corrected chi connectivity index (χ4v) is 4.03. The molecule has 2 aromatic rings. The minimum atomic E-state index is -0.553. The lowest BCUT2D eigenvalue weighted by Gasteiger charge is -2.41. The van der Waals surface area contributed by atoms with Crippen molar-refractivity contribution in [1.82, 2.24) is 0 Å². The molecule has 0 radical (unpaired) electrons. The summed E-state index contributed by atoms with van der Waals surface area (Å²) in [5.74, 6) is -0.0963. The molecular weight excluding hydrogens is 376 g/mol. The molecule has 0 atom stereocenters. The maximum atomic E-state index is 12.8. The number of hydrogen-bond acceptors (Lipinski definition) is 4. The van der Waals surface area contributed by atoms with Crippen molar-refractivity contribution in [3.8, 4) is 0 Å². The van der Waals surface area contributed by atoms with Gasteiger partial charge in [0.05, 0.1) is 18.8 Å². The van der Waals surface area contributed by atoms with Crippen LogP contribution in [0.4, 0.5) is 0 Å². The number of fused-ring (bicyclic) bond motifs is 1. The molecule has 0 aliphatic heterocycles. The van der Waals surface area contributed by atoms with Crippen molar-refractivity contribution in [3.63, 3.8) is 0 Å². The maximum Gasteiger partial charge on any atom is 0.338 e. The molecule has 0 saturated heterocycles. The lowest BCUT2D eigenvalue weighted by molar-refractivity contribution is -0.125. The van der Waals surface area contributed by atoms with Crippen molar-refractivity contribution in [3.05, 3.63) is 69.8 Å². The van der Waals surface area contributed by atoms with Crippen LogP contribution in [0.3, 0.4) is 0 Å². The number of carbonyl (C=O) groups excluding carboxylic acids is 2. The average molecular weight is 407 g/mol. The Morgan fingerprint density at radius 3 is 2.33 bits per heavy atom. The number of benzene rings is 2. The Balaban J connectivity index is 1.98. The van der Waals surface area contributed by atoms with Crippen molar-refractivity contribution in [2.24, 2.45) is 0 Å². The summed E-state index contributed by atoms with van der Waals surface area (Å²) in [6, 6.07) is 11.3. The molecule has 0 saturated carbocycles. The van der Waals surface area contributed by atoms with Crippen LogP contribution in [0.25, 0.3) is 12.2 Å². The molecule has 4 nitrogen and oxygen atoms in total. The van der Waals surface area contributed by atoms with E-state index in [1.807, 2.05) is 50.3 Å². The van der Waals surface area contributed by atoms with Gasteiger partial charge in [-0.25, -0.2) is 4.79 Å². The van der Waals surface area contributed by atoms with Crippen LogP contribution in [0.15, 0.2) is 36.4 Å². The number of hydrogen-bond donors (Lipinski definition) is 1. The van der Waals surface area contributed by atoms with Crippen LogP contribution < -0.4 is 0 Å². The molecule has 1 aliphatic carbocycles. The summed E-state index contributed by atoms with van der Waals surface area (Å²) in [6.45, 7) is 10.2. The molecular formula is C26H30O4. The van der Waals surface area contributed by atoms with Gasteiger partial charge in [-0.2, -0.15) is 0 Å². The van der Waals surface area contributed by atoms with Crippen LogP contribution in [0.1, 0.15) is 79.2 Å². The first-order valence-electron chi connectivity index (χ1n) is 10.4. The smallest absolute Gasteiger partial charge is 0.338 e. The largest absolute Gasteiger partial charge is 0.462 e. The van der Waals surface area contributed by atoms with Crippen LogP contribution in [0.5, 0.6) is 0 Å². The third-order valence-corrected chi connectivity index (χ3v) is 6.03. The van der Waals surface area contributed by atoms with Crippen molar-refractivity contribution in [2.45, 2.75) is 58.5 Å². The zero-order chi connectivity index (χ0) is 22.1. The van der Waals surface area contributed by atoms with Crippen LogP contribution in [-0.2, 0) is 27.0 Å². The third-order valence-electron chi connectivity index (χ3n) is 6.03. The normalized spacial score (nSPS) is 17.1. The molecule has 0 amide bonds. The standard InChI is InChI=1S/C26H30O4/c1-6-30-24(29)18-10-7-17(8-11-18)9-12-19-13-22-21(14-20(19)16-27)25(2,3)15-23(28)26(22,4)5/h7-14,27H,6,15-16H2,1-5H3. The summed E-state index contributed by atoms with van der Waals surface area (Å²) in [7, 11) is 0. The number of aliphatic hydroxyl groups is 1. The predicted octanol–water partition coefficient (Wildman–Crippen LogP) is 5.05. The van der Waals surface area contributed by atoms with Crippen LogP contribution >= 0.6 is 0 Å². The first kappa shape index (κ1) is 22.0. The van der Waals surface area contributed by atoms with Gasteiger partial charge in [-0.1, -0.05) is 50.3 Å². The first-order chi connectivity index (χ1) is 14.1. The van der Waals surface area contributed by atoms with E-state index in [1.165, 1.54) is 0 Å². The van der Waals surface area contributed by atoms with E-state index in [0.717, 1.165) is 27.8 Å². The molecule has 30 heavy (non-hydrogen) atoms. The Bertz CT molecular complexity index is 994. The quantitative estimate of drug-likeness (QED) is 0.557. The number of esters is 1. The molecule has 3 rings (SSSR count). The summed E-state index contributed by atoms with van der Waals surface area (Å²) < 4.78 is 5.01. The Labute approximate surface area is 178 Å². The number of ether oxygens (including phenoxy) is 1. The molecule has 2 aromatic carbocycles. The van der Waals surface area contributed by atoms with Gasteiger partial charge in [0.25, 0.3) is 0 Å². The summed E-state index contributed by atoms with van der Waals surface area (Å²) >= 11 is 0. The molecule has 4 heteroatoms. The van der Waals surface area contributed by atoms with Crippen molar-refractivity contribution in [1.29, 1.82) is 0 Å². The highest BCUT2D eigenvalue weighted by atomic mass is 16.5. The first-order valence-corrected chi connectivity index (χ1v) is 10.4. The SMILES string of the molecule is CCOC(=O)c1ccc(C=Cc2cc3c(cc2CO)C(C)(C)CC(=O)C3(C)C)cc1. The number of rotatable bonds is 5. The van der Waals surface area contributed by atoms with Gasteiger partial charge in [-0.15, -0.1) is 0 Å². The minimum Gasteiger partial charge on any atom is -0.462 e. The molecule has 158 valence electrons. The van der Waals surface area contributed by atoms with Crippen LogP contribution in [0.2, 0.25) is 0 Å². The van der Waals surface area contributed by atoms with E-state index in [4.69, 9.17) is 4.74 Å². The van der Waals surface area contributed by atoms with Crippen molar-refractivity contribution in [2.75, 3.05) is 6.61 Å². The average Bonchev–Trinajstić information content (AvgIpc) is 2.70. The van der Waals surface area contributed by atoms with Crippen molar-refractivity contribution < 1.29 is 19.4 Å². The molecule has 1 aliphatic rings. The molecule has 0 heterocycles. The fourth-order valence-electron chi connectivity index (χ4n) is 4.03. The Kier molecular flexibility index (Phi) is 6.00. The predicted molar refractivity (Wildman–Crippen MR) is 119 cm³/mol. The highest BCUT2D eigenvalue weighted by Gasteiger charge is 2.43. The number of aliphatic hydroxyl groups excluding tert-OH is 1. The summed E-state index contributed by atoms with van der Waals surface area (Å²) in [6.07, 6.45) is 4.39. The Morgan fingerprint density at radius 1 is 1.07 bits per heavy atom. The second kappa shape index (κ2) is 8.19. The number of Topliss-reactive ketones (excluding diaryl/α,β-unsaturated/α-hetero) is 1. The second-order valence-corrected chi connectivity index (χ2v) is 9.04. The zero-order valence-electron chi connectivity index (χ0n) is 18.4. The van der Waals surface area contributed by atoms with Gasteiger partial charge in [0.15, 0.2) is 0 Å². The highest BCUT2D eigenvalue weighted by molar-refractivity contribution is 5.93. The lowest BCUT2D eigenvalue weighted by Crippen LogP contribution is -2.42. The van der Waals surface area contributed by atoms with E-state index in [2.05, 4.69) is 13.8 Å². The van der Waals surface area contributed by atoms with E-state index < -0.39 is 5.41 Å². The third kappa shape index (κ3) is 4.10. The van der Waals surface area contributed by atoms with E-state index in [-0.39, 0.29) is 23.8 Å². The van der Waals surface area contributed by atoms with E-state index in [1.54, 1.807) is 19.1 Å². The van der Waals surface area contributed by atoms with Crippen molar-refractivity contribution >= 4 is 23.9 Å². The van der Waals surface area contributed by atoms with Crippen LogP contribution in [-0.4, -0.2) is 23.5 Å². The van der Waals surface area contributed by atoms with Gasteiger partial charge in [0, 0.05) is 11.8 Å². The molecule has 0 spiro atoms. The zero-order valence-corrected chi connectivity index (χ0v) is 18.4. The van der Waals surface area contributed by atoms with Gasteiger partial charge in [-0.05, 0) is 66.1 Å². The molecule has 0 bridgehead atoms. The number of carbonyl (C=O) groups is 2. The molecule has 0 fully saturated rings. The summed E-state index contributed by atoms with van der Waals surface area (Å²) in [5.41, 5.74) is 4.53. The molecule has 0 unspecified atom stereocenters. The van der Waals surface area contributed by atoms with E-state index >= 15 is 0 Å². The second-order valence-electron chi connectivity index (χ2n) is 9.04. The van der Waals surface area contributed by atoms with E-state index in [0.29, 0.717) is 18.6 Å². The monoisotopic (exact) mass is 406 g/mol. The topological polar surface area (TPSA) is 63.6 Å². The molecule has 1 N–H and O–H groups in total. The minimum absolute atomic E-state index is 0.0702. The van der Waals surface area contributed by atoms with Gasteiger partial charge < -0.3 is 9.84 Å². The molecule has 0 aromatic heterocycles. The maximum absolute atomic E-state index is 12.8. The highest BCUT2D eigenvalue weighted by Crippen LogP contribution is 2.45. The lowest BCUT2D eigenvalue weighted by atomic mass is 9.62.